The van der Waals surface area contributed by atoms with Crippen molar-refractivity contribution in [3.8, 4) is 0 Å². The summed E-state index contributed by atoms with van der Waals surface area (Å²) in [7, 11) is 0. The summed E-state index contributed by atoms with van der Waals surface area (Å²) < 4.78 is 5.39. The van der Waals surface area contributed by atoms with Gasteiger partial charge in [0.1, 0.15) is 17.3 Å². The summed E-state index contributed by atoms with van der Waals surface area (Å²) in [5.74, 6) is 1.48. The van der Waals surface area contributed by atoms with Crippen LogP contribution in [0.1, 0.15) is 47.2 Å². The van der Waals surface area contributed by atoms with Gasteiger partial charge in [-0.15, -0.1) is 0 Å². The van der Waals surface area contributed by atoms with Crippen molar-refractivity contribution in [2.75, 3.05) is 36.5 Å². The van der Waals surface area contributed by atoms with E-state index in [0.29, 0.717) is 30.7 Å². The number of morpholine rings is 1. The normalized spacial score (nSPS) is 14.6. The first-order valence-corrected chi connectivity index (χ1v) is 9.05. The number of carbonyl (C=O) groups is 1. The lowest BCUT2D eigenvalue weighted by molar-refractivity contribution is 0.102. The number of para-hydroxylation sites is 1. The molecule has 6 heteroatoms. The first kappa shape index (κ1) is 18.3. The fourth-order valence-corrected chi connectivity index (χ4v) is 3.14. The maximum atomic E-state index is 12.9. The van der Waals surface area contributed by atoms with E-state index in [9.17, 15) is 4.79 Å². The van der Waals surface area contributed by atoms with Crippen molar-refractivity contribution < 1.29 is 9.53 Å². The van der Waals surface area contributed by atoms with Gasteiger partial charge in [-0.05, 0) is 30.9 Å². The second-order valence-corrected chi connectivity index (χ2v) is 6.91. The summed E-state index contributed by atoms with van der Waals surface area (Å²) in [4.78, 5) is 23.8. The number of benzene rings is 1. The zero-order valence-corrected chi connectivity index (χ0v) is 15.9. The van der Waals surface area contributed by atoms with Gasteiger partial charge in [0.25, 0.3) is 5.91 Å². The molecular weight excluding hydrogens is 328 g/mol. The highest BCUT2D eigenvalue weighted by atomic mass is 16.5. The van der Waals surface area contributed by atoms with Crippen molar-refractivity contribution in [3.05, 3.63) is 46.9 Å². The Bertz CT molecular complexity index is 798. The summed E-state index contributed by atoms with van der Waals surface area (Å²) >= 11 is 0. The van der Waals surface area contributed by atoms with Gasteiger partial charge >= 0.3 is 0 Å². The van der Waals surface area contributed by atoms with Gasteiger partial charge in [0.05, 0.1) is 13.2 Å². The molecule has 0 aliphatic carbocycles. The Balaban J connectivity index is 1.88. The SMILES string of the molecule is Cc1nc(C(=O)Nc2c(C)cccc2C(C)C)cc(N2CCOCC2)n1. The number of amides is 1. The third kappa shape index (κ3) is 4.02. The fourth-order valence-electron chi connectivity index (χ4n) is 3.14. The molecule has 1 aliphatic heterocycles. The minimum absolute atomic E-state index is 0.207. The van der Waals surface area contributed by atoms with E-state index in [1.54, 1.807) is 6.07 Å². The van der Waals surface area contributed by atoms with E-state index in [1.807, 2.05) is 26.0 Å². The number of nitrogens with one attached hydrogen (secondary N) is 1. The molecule has 3 rings (SSSR count). The topological polar surface area (TPSA) is 67.4 Å². The zero-order chi connectivity index (χ0) is 18.7. The van der Waals surface area contributed by atoms with Crippen LogP contribution in [0.2, 0.25) is 0 Å². The zero-order valence-electron chi connectivity index (χ0n) is 15.9. The first-order valence-electron chi connectivity index (χ1n) is 9.05. The Morgan fingerprint density at radius 1 is 1.19 bits per heavy atom. The molecule has 26 heavy (non-hydrogen) atoms. The summed E-state index contributed by atoms with van der Waals surface area (Å²) in [6.45, 7) is 10.9. The van der Waals surface area contributed by atoms with Crippen LogP contribution >= 0.6 is 0 Å². The molecule has 0 radical (unpaired) electrons. The molecule has 1 aliphatic rings. The lowest BCUT2D eigenvalue weighted by Crippen LogP contribution is -2.37. The first-order chi connectivity index (χ1) is 12.5. The summed E-state index contributed by atoms with van der Waals surface area (Å²) in [5, 5.41) is 3.06. The van der Waals surface area contributed by atoms with Gasteiger partial charge in [-0.1, -0.05) is 32.0 Å². The Morgan fingerprint density at radius 2 is 1.92 bits per heavy atom. The highest BCUT2D eigenvalue weighted by Crippen LogP contribution is 2.28. The average Bonchev–Trinajstić information content (AvgIpc) is 2.63. The molecule has 0 saturated carbocycles. The predicted octanol–water partition coefficient (Wildman–Crippen LogP) is 3.31. The summed E-state index contributed by atoms with van der Waals surface area (Å²) in [5.41, 5.74) is 3.43. The largest absolute Gasteiger partial charge is 0.378 e. The van der Waals surface area contributed by atoms with Crippen LogP contribution in [0.5, 0.6) is 0 Å². The Hall–Kier alpha value is -2.47. The van der Waals surface area contributed by atoms with Gasteiger partial charge in [-0.3, -0.25) is 4.79 Å². The number of rotatable bonds is 4. The number of ether oxygens (including phenoxy) is 1. The average molecular weight is 354 g/mol. The Kier molecular flexibility index (Phi) is 5.52. The van der Waals surface area contributed by atoms with Crippen molar-refractivity contribution in [2.24, 2.45) is 0 Å². The van der Waals surface area contributed by atoms with Crippen LogP contribution in [0.3, 0.4) is 0 Å². The molecule has 0 atom stereocenters. The van der Waals surface area contributed by atoms with Gasteiger partial charge < -0.3 is 15.0 Å². The predicted molar refractivity (Wildman–Crippen MR) is 103 cm³/mol. The van der Waals surface area contributed by atoms with Gasteiger partial charge in [0.2, 0.25) is 0 Å². The van der Waals surface area contributed by atoms with E-state index in [-0.39, 0.29) is 5.91 Å². The molecule has 0 unspecified atom stereocenters. The van der Waals surface area contributed by atoms with Crippen LogP contribution < -0.4 is 10.2 Å². The van der Waals surface area contributed by atoms with Crippen LogP contribution in [-0.4, -0.2) is 42.2 Å². The van der Waals surface area contributed by atoms with E-state index in [0.717, 1.165) is 35.7 Å². The number of anilines is 2. The molecule has 2 heterocycles. The second-order valence-electron chi connectivity index (χ2n) is 6.91. The monoisotopic (exact) mass is 354 g/mol. The van der Waals surface area contributed by atoms with E-state index < -0.39 is 0 Å². The smallest absolute Gasteiger partial charge is 0.274 e. The van der Waals surface area contributed by atoms with E-state index in [2.05, 4.69) is 40.1 Å². The molecule has 6 nitrogen and oxygen atoms in total. The minimum atomic E-state index is -0.207. The Morgan fingerprint density at radius 3 is 2.62 bits per heavy atom. The van der Waals surface area contributed by atoms with Gasteiger partial charge in [0, 0.05) is 24.8 Å². The van der Waals surface area contributed by atoms with Gasteiger partial charge in [-0.2, -0.15) is 0 Å². The van der Waals surface area contributed by atoms with Gasteiger partial charge in [-0.25, -0.2) is 9.97 Å². The number of carbonyl (C=O) groups excluding carboxylic acids is 1. The molecule has 0 spiro atoms. The summed E-state index contributed by atoms with van der Waals surface area (Å²) in [6, 6.07) is 7.84. The lowest BCUT2D eigenvalue weighted by atomic mass is 9.98. The molecule has 1 aromatic carbocycles. The van der Waals surface area contributed by atoms with Crippen LogP contribution in [0.4, 0.5) is 11.5 Å². The van der Waals surface area contributed by atoms with Crippen LogP contribution in [0.25, 0.3) is 0 Å². The molecule has 0 bridgehead atoms. The molecule has 2 aromatic rings. The molecule has 1 fully saturated rings. The van der Waals surface area contributed by atoms with E-state index in [4.69, 9.17) is 4.74 Å². The number of aromatic nitrogens is 2. The maximum Gasteiger partial charge on any atom is 0.274 e. The van der Waals surface area contributed by atoms with Crippen molar-refractivity contribution in [3.63, 3.8) is 0 Å². The molecule has 1 aromatic heterocycles. The van der Waals surface area contributed by atoms with Crippen molar-refractivity contribution in [1.29, 1.82) is 0 Å². The number of aryl methyl sites for hydroxylation is 2. The lowest BCUT2D eigenvalue weighted by Gasteiger charge is -2.28. The van der Waals surface area contributed by atoms with Crippen LogP contribution in [-0.2, 0) is 4.74 Å². The highest BCUT2D eigenvalue weighted by Gasteiger charge is 2.18. The number of hydrogen-bond acceptors (Lipinski definition) is 5. The summed E-state index contributed by atoms with van der Waals surface area (Å²) in [6.07, 6.45) is 0. The minimum Gasteiger partial charge on any atom is -0.378 e. The van der Waals surface area contributed by atoms with Crippen molar-refractivity contribution in [1.82, 2.24) is 9.97 Å². The van der Waals surface area contributed by atoms with Crippen molar-refractivity contribution in [2.45, 2.75) is 33.6 Å². The van der Waals surface area contributed by atoms with Crippen LogP contribution in [0.15, 0.2) is 24.3 Å². The van der Waals surface area contributed by atoms with Crippen molar-refractivity contribution >= 4 is 17.4 Å². The fraction of sp³-hybridized carbons (Fsp3) is 0.450. The van der Waals surface area contributed by atoms with E-state index >= 15 is 0 Å². The number of hydrogen-bond donors (Lipinski definition) is 1. The second kappa shape index (κ2) is 7.83. The highest BCUT2D eigenvalue weighted by molar-refractivity contribution is 6.04. The van der Waals surface area contributed by atoms with Gasteiger partial charge in [0.15, 0.2) is 0 Å². The standard InChI is InChI=1S/C20H26N4O2/c1-13(2)16-7-5-6-14(3)19(16)23-20(25)17-12-18(22-15(4)21-17)24-8-10-26-11-9-24/h5-7,12-13H,8-11H2,1-4H3,(H,23,25). The molecule has 1 amide bonds. The molecule has 1 N–H and O–H groups in total. The van der Waals surface area contributed by atoms with E-state index in [1.165, 1.54) is 0 Å². The molecule has 1 saturated heterocycles. The molecule has 138 valence electrons. The number of nitrogens with zero attached hydrogens (tertiary/aromatic N) is 3. The third-order valence-corrected chi connectivity index (χ3v) is 4.56. The quantitative estimate of drug-likeness (QED) is 0.912. The maximum absolute atomic E-state index is 12.9. The van der Waals surface area contributed by atoms with Crippen LogP contribution in [0, 0.1) is 13.8 Å². The third-order valence-electron chi connectivity index (χ3n) is 4.56. The molecular formula is C20H26N4O2. The Labute approximate surface area is 154 Å².